The molecule has 0 saturated carbocycles. The first kappa shape index (κ1) is 17.9. The smallest absolute Gasteiger partial charge is 0.252 e. The molecule has 0 aliphatic rings. The maximum Gasteiger partial charge on any atom is 0.252 e. The van der Waals surface area contributed by atoms with Gasteiger partial charge in [0.2, 0.25) is 5.88 Å². The van der Waals surface area contributed by atoms with Crippen LogP contribution in [0.4, 0.5) is 0 Å². The van der Waals surface area contributed by atoms with Crippen LogP contribution in [0.1, 0.15) is 29.8 Å². The summed E-state index contributed by atoms with van der Waals surface area (Å²) in [6.07, 6.45) is 2.65. The van der Waals surface area contributed by atoms with Crippen molar-refractivity contribution in [3.05, 3.63) is 53.7 Å². The fourth-order valence-corrected chi connectivity index (χ4v) is 3.02. The maximum atomic E-state index is 12.4. The Morgan fingerprint density at radius 3 is 2.58 bits per heavy atom. The van der Waals surface area contributed by atoms with E-state index in [0.717, 1.165) is 11.8 Å². The molecule has 7 heteroatoms. The van der Waals surface area contributed by atoms with Gasteiger partial charge in [-0.25, -0.2) is 13.4 Å². The summed E-state index contributed by atoms with van der Waals surface area (Å²) in [6.45, 7) is 3.96. The van der Waals surface area contributed by atoms with Gasteiger partial charge in [-0.15, -0.1) is 0 Å². The number of hydrogen-bond donors (Lipinski definition) is 1. The topological polar surface area (TPSA) is 85.4 Å². The Labute approximate surface area is 141 Å². The number of rotatable bonds is 6. The van der Waals surface area contributed by atoms with Crippen LogP contribution in [0.3, 0.4) is 0 Å². The molecule has 0 aliphatic heterocycles. The van der Waals surface area contributed by atoms with E-state index in [-0.39, 0.29) is 23.1 Å². The van der Waals surface area contributed by atoms with Gasteiger partial charge in [0, 0.05) is 24.6 Å². The van der Waals surface area contributed by atoms with Crippen molar-refractivity contribution in [3.8, 4) is 5.88 Å². The van der Waals surface area contributed by atoms with Crippen LogP contribution in [0.15, 0.2) is 47.5 Å². The Morgan fingerprint density at radius 2 is 1.92 bits per heavy atom. The third-order valence-corrected chi connectivity index (χ3v) is 4.32. The summed E-state index contributed by atoms with van der Waals surface area (Å²) in [5, 5.41) is 2.72. The van der Waals surface area contributed by atoms with Gasteiger partial charge < -0.3 is 10.1 Å². The van der Waals surface area contributed by atoms with E-state index in [1.807, 2.05) is 13.8 Å². The predicted molar refractivity (Wildman–Crippen MR) is 90.7 cm³/mol. The molecule has 0 aliphatic carbocycles. The first-order valence-corrected chi connectivity index (χ1v) is 9.36. The molecule has 0 saturated heterocycles. The van der Waals surface area contributed by atoms with Crippen LogP contribution in [0.2, 0.25) is 0 Å². The van der Waals surface area contributed by atoms with E-state index in [2.05, 4.69) is 10.3 Å². The van der Waals surface area contributed by atoms with E-state index in [1.165, 1.54) is 12.1 Å². The summed E-state index contributed by atoms with van der Waals surface area (Å²) in [5.74, 6) is -0.0143. The predicted octanol–water partition coefficient (Wildman–Crippen LogP) is 2.20. The van der Waals surface area contributed by atoms with Crippen molar-refractivity contribution in [2.75, 3.05) is 6.26 Å². The summed E-state index contributed by atoms with van der Waals surface area (Å²) < 4.78 is 29.2. The van der Waals surface area contributed by atoms with Crippen molar-refractivity contribution < 1.29 is 17.9 Å². The van der Waals surface area contributed by atoms with Crippen molar-refractivity contribution in [1.82, 2.24) is 10.3 Å². The molecule has 1 aromatic heterocycles. The van der Waals surface area contributed by atoms with Crippen LogP contribution in [0.25, 0.3) is 0 Å². The van der Waals surface area contributed by atoms with Crippen LogP contribution >= 0.6 is 0 Å². The quantitative estimate of drug-likeness (QED) is 0.865. The molecular formula is C17H20N2O4S. The van der Waals surface area contributed by atoms with E-state index >= 15 is 0 Å². The van der Waals surface area contributed by atoms with E-state index in [4.69, 9.17) is 4.74 Å². The number of carbonyl (C=O) groups is 1. The summed E-state index contributed by atoms with van der Waals surface area (Å²) in [6, 6.07) is 9.67. The molecule has 0 atom stereocenters. The largest absolute Gasteiger partial charge is 0.475 e. The van der Waals surface area contributed by atoms with Crippen molar-refractivity contribution in [2.24, 2.45) is 0 Å². The Balaban J connectivity index is 2.19. The van der Waals surface area contributed by atoms with E-state index in [0.29, 0.717) is 5.88 Å². The number of hydrogen-bond acceptors (Lipinski definition) is 5. The minimum absolute atomic E-state index is 0.00680. The number of carbonyl (C=O) groups excluding carboxylic acids is 1. The number of benzene rings is 1. The number of amides is 1. The molecule has 0 fully saturated rings. The lowest BCUT2D eigenvalue weighted by molar-refractivity contribution is 0.0947. The number of nitrogens with zero attached hydrogens (tertiary/aromatic N) is 1. The monoisotopic (exact) mass is 348 g/mol. The molecule has 128 valence electrons. The van der Waals surface area contributed by atoms with Gasteiger partial charge in [-0.3, -0.25) is 4.79 Å². The molecule has 0 radical (unpaired) electrons. The molecule has 0 bridgehead atoms. The van der Waals surface area contributed by atoms with Crippen LogP contribution in [-0.2, 0) is 16.4 Å². The molecule has 1 aromatic carbocycles. The Morgan fingerprint density at radius 1 is 1.21 bits per heavy atom. The zero-order valence-corrected chi connectivity index (χ0v) is 14.6. The standard InChI is InChI=1S/C17H20N2O4S/c1-12(2)23-17-13(7-6-10-18-17)11-19-16(20)14-8-4-5-9-15(14)24(3,21)22/h4-10,12H,11H2,1-3H3,(H,19,20). The van der Waals surface area contributed by atoms with Crippen molar-refractivity contribution in [1.29, 1.82) is 0 Å². The van der Waals surface area contributed by atoms with Gasteiger partial charge in [0.25, 0.3) is 5.91 Å². The lowest BCUT2D eigenvalue weighted by Gasteiger charge is -2.14. The van der Waals surface area contributed by atoms with Gasteiger partial charge in [-0.2, -0.15) is 0 Å². The van der Waals surface area contributed by atoms with Gasteiger partial charge in [-0.1, -0.05) is 18.2 Å². The molecule has 24 heavy (non-hydrogen) atoms. The van der Waals surface area contributed by atoms with Gasteiger partial charge in [0.05, 0.1) is 16.6 Å². The summed E-state index contributed by atoms with van der Waals surface area (Å²) in [4.78, 5) is 16.5. The van der Waals surface area contributed by atoms with Crippen LogP contribution in [0.5, 0.6) is 5.88 Å². The number of ether oxygens (including phenoxy) is 1. The zero-order valence-electron chi connectivity index (χ0n) is 13.8. The maximum absolute atomic E-state index is 12.4. The summed E-state index contributed by atoms with van der Waals surface area (Å²) in [7, 11) is -3.48. The van der Waals surface area contributed by atoms with Gasteiger partial charge in [0.15, 0.2) is 9.84 Å². The zero-order chi connectivity index (χ0) is 17.7. The lowest BCUT2D eigenvalue weighted by atomic mass is 10.2. The average molecular weight is 348 g/mol. The Kier molecular flexibility index (Phi) is 5.56. The molecular weight excluding hydrogens is 328 g/mol. The molecule has 0 spiro atoms. The molecule has 1 N–H and O–H groups in total. The van der Waals surface area contributed by atoms with Crippen LogP contribution < -0.4 is 10.1 Å². The second-order valence-electron chi connectivity index (χ2n) is 5.59. The minimum Gasteiger partial charge on any atom is -0.475 e. The number of pyridine rings is 1. The Bertz CT molecular complexity index is 832. The fraction of sp³-hybridized carbons (Fsp3) is 0.294. The normalized spacial score (nSPS) is 11.3. The van der Waals surface area contributed by atoms with Gasteiger partial charge >= 0.3 is 0 Å². The fourth-order valence-electron chi connectivity index (χ4n) is 2.14. The minimum atomic E-state index is -3.48. The molecule has 2 aromatic rings. The molecule has 1 heterocycles. The second-order valence-corrected chi connectivity index (χ2v) is 7.57. The third kappa shape index (κ3) is 4.55. The number of aromatic nitrogens is 1. The average Bonchev–Trinajstić information content (AvgIpc) is 2.52. The van der Waals surface area contributed by atoms with Gasteiger partial charge in [-0.05, 0) is 32.0 Å². The van der Waals surface area contributed by atoms with Crippen molar-refractivity contribution in [3.63, 3.8) is 0 Å². The van der Waals surface area contributed by atoms with E-state index in [1.54, 1.807) is 30.5 Å². The van der Waals surface area contributed by atoms with Crippen molar-refractivity contribution in [2.45, 2.75) is 31.4 Å². The molecule has 2 rings (SSSR count). The SMILES string of the molecule is CC(C)Oc1ncccc1CNC(=O)c1ccccc1S(C)(=O)=O. The van der Waals surface area contributed by atoms with Crippen LogP contribution in [0, 0.1) is 0 Å². The Hall–Kier alpha value is -2.41. The highest BCUT2D eigenvalue weighted by Gasteiger charge is 2.18. The number of nitrogens with one attached hydrogen (secondary N) is 1. The highest BCUT2D eigenvalue weighted by Crippen LogP contribution is 2.18. The highest BCUT2D eigenvalue weighted by atomic mass is 32.2. The van der Waals surface area contributed by atoms with E-state index < -0.39 is 15.7 Å². The first-order chi connectivity index (χ1) is 11.3. The molecule has 6 nitrogen and oxygen atoms in total. The van der Waals surface area contributed by atoms with Crippen molar-refractivity contribution >= 4 is 15.7 Å². The summed E-state index contributed by atoms with van der Waals surface area (Å²) in [5.41, 5.74) is 0.839. The number of sulfone groups is 1. The summed E-state index contributed by atoms with van der Waals surface area (Å²) >= 11 is 0. The first-order valence-electron chi connectivity index (χ1n) is 7.47. The molecule has 1 amide bonds. The van der Waals surface area contributed by atoms with E-state index in [9.17, 15) is 13.2 Å². The van der Waals surface area contributed by atoms with Crippen LogP contribution in [-0.4, -0.2) is 31.7 Å². The molecule has 0 unspecified atom stereocenters. The second kappa shape index (κ2) is 7.44. The third-order valence-electron chi connectivity index (χ3n) is 3.17. The highest BCUT2D eigenvalue weighted by molar-refractivity contribution is 7.90. The van der Waals surface area contributed by atoms with Gasteiger partial charge in [0.1, 0.15) is 0 Å². The lowest BCUT2D eigenvalue weighted by Crippen LogP contribution is -2.25.